The maximum absolute atomic E-state index is 11.8. The van der Waals surface area contributed by atoms with E-state index in [2.05, 4.69) is 5.32 Å². The van der Waals surface area contributed by atoms with E-state index < -0.39 is 6.10 Å². The van der Waals surface area contributed by atoms with Crippen molar-refractivity contribution in [1.29, 1.82) is 0 Å². The lowest BCUT2D eigenvalue weighted by Gasteiger charge is -2.12. The molecule has 2 N–H and O–H groups in total. The van der Waals surface area contributed by atoms with Crippen LogP contribution in [0, 0.1) is 0 Å². The Morgan fingerprint density at radius 3 is 2.60 bits per heavy atom. The van der Waals surface area contributed by atoms with Gasteiger partial charge in [-0.05, 0) is 31.0 Å². The lowest BCUT2D eigenvalue weighted by molar-refractivity contribution is -0.121. The summed E-state index contributed by atoms with van der Waals surface area (Å²) in [6, 6.07) is 16.2. The van der Waals surface area contributed by atoms with E-state index in [4.69, 9.17) is 4.74 Å². The average Bonchev–Trinajstić information content (AvgIpc) is 2.64. The van der Waals surface area contributed by atoms with Gasteiger partial charge in [-0.1, -0.05) is 42.5 Å². The number of ether oxygens (including phenoxy) is 1. The number of hydrogen-bond donors (Lipinski definition) is 2. The first-order valence-corrected chi connectivity index (χ1v) is 8.30. The number of hydrogen-bond acceptors (Lipinski definition) is 4. The van der Waals surface area contributed by atoms with Gasteiger partial charge in [-0.25, -0.2) is 0 Å². The van der Waals surface area contributed by atoms with Crippen LogP contribution in [0.1, 0.15) is 41.8 Å². The standard InChI is InChI=1S/C20H23NO4/c1-15(22)17-9-5-10-18(13-17)25-12-6-11-20(24)21-14-19(23)16-7-3-2-4-8-16/h2-5,7-10,13,19,23H,6,11-12,14H2,1H3,(H,21,24)/t19-/m0/s1. The van der Waals surface area contributed by atoms with Crippen LogP contribution in [0.15, 0.2) is 54.6 Å². The summed E-state index contributed by atoms with van der Waals surface area (Å²) in [5.74, 6) is 0.477. The molecule has 2 aromatic rings. The van der Waals surface area contributed by atoms with E-state index in [1.54, 1.807) is 24.3 Å². The van der Waals surface area contributed by atoms with Crippen LogP contribution in [0.3, 0.4) is 0 Å². The van der Waals surface area contributed by atoms with Crippen LogP contribution in [0.4, 0.5) is 0 Å². The first-order valence-electron chi connectivity index (χ1n) is 8.30. The predicted octanol–water partition coefficient (Wildman–Crippen LogP) is 2.90. The molecular formula is C20H23NO4. The van der Waals surface area contributed by atoms with Crippen molar-refractivity contribution in [3.8, 4) is 5.75 Å². The lowest BCUT2D eigenvalue weighted by atomic mass is 10.1. The van der Waals surface area contributed by atoms with Gasteiger partial charge in [0.25, 0.3) is 0 Å². The van der Waals surface area contributed by atoms with Gasteiger partial charge < -0.3 is 15.2 Å². The molecule has 0 bridgehead atoms. The molecule has 0 aliphatic carbocycles. The number of aliphatic hydroxyl groups excluding tert-OH is 1. The minimum absolute atomic E-state index is 0.0122. The fourth-order valence-electron chi connectivity index (χ4n) is 2.32. The van der Waals surface area contributed by atoms with Gasteiger partial charge >= 0.3 is 0 Å². The Balaban J connectivity index is 1.65. The minimum Gasteiger partial charge on any atom is -0.494 e. The van der Waals surface area contributed by atoms with Gasteiger partial charge in [0.2, 0.25) is 5.91 Å². The van der Waals surface area contributed by atoms with E-state index >= 15 is 0 Å². The molecule has 1 atom stereocenters. The molecule has 0 fully saturated rings. The maximum atomic E-state index is 11.8. The third-order valence-corrected chi connectivity index (χ3v) is 3.73. The molecule has 2 rings (SSSR count). The monoisotopic (exact) mass is 341 g/mol. The summed E-state index contributed by atoms with van der Waals surface area (Å²) in [6.45, 7) is 2.08. The molecule has 0 radical (unpaired) electrons. The van der Waals surface area contributed by atoms with Gasteiger partial charge in [-0.2, -0.15) is 0 Å². The number of Topliss-reactive ketones (excluding diaryl/α,β-unsaturated/α-hetero) is 1. The predicted molar refractivity (Wildman–Crippen MR) is 95.6 cm³/mol. The zero-order chi connectivity index (χ0) is 18.1. The fraction of sp³-hybridized carbons (Fsp3) is 0.300. The Bertz CT molecular complexity index is 700. The summed E-state index contributed by atoms with van der Waals surface area (Å²) in [5.41, 5.74) is 1.38. The SMILES string of the molecule is CC(=O)c1cccc(OCCCC(=O)NC[C@H](O)c2ccccc2)c1. The number of rotatable bonds is 9. The van der Waals surface area contributed by atoms with Crippen LogP contribution in [-0.2, 0) is 4.79 Å². The van der Waals surface area contributed by atoms with Crippen molar-refractivity contribution in [2.75, 3.05) is 13.2 Å². The molecule has 5 nitrogen and oxygen atoms in total. The third kappa shape index (κ3) is 6.39. The lowest BCUT2D eigenvalue weighted by Crippen LogP contribution is -2.28. The Kier molecular flexibility index (Phi) is 7.16. The van der Waals surface area contributed by atoms with Gasteiger partial charge in [0.05, 0.1) is 12.7 Å². The summed E-state index contributed by atoms with van der Waals surface area (Å²) in [4.78, 5) is 23.1. The largest absolute Gasteiger partial charge is 0.494 e. The van der Waals surface area contributed by atoms with Gasteiger partial charge in [0, 0.05) is 18.5 Å². The van der Waals surface area contributed by atoms with E-state index in [0.717, 1.165) is 5.56 Å². The van der Waals surface area contributed by atoms with Crippen molar-refractivity contribution in [3.05, 3.63) is 65.7 Å². The molecule has 0 aliphatic rings. The first kappa shape index (κ1) is 18.7. The molecule has 0 unspecified atom stereocenters. The van der Waals surface area contributed by atoms with Crippen LogP contribution in [-0.4, -0.2) is 29.9 Å². The second kappa shape index (κ2) is 9.59. The molecule has 0 saturated carbocycles. The van der Waals surface area contributed by atoms with E-state index in [1.807, 2.05) is 30.3 Å². The number of benzene rings is 2. The Labute approximate surface area is 147 Å². The minimum atomic E-state index is -0.712. The highest BCUT2D eigenvalue weighted by atomic mass is 16.5. The average molecular weight is 341 g/mol. The molecule has 0 aromatic heterocycles. The topological polar surface area (TPSA) is 75.6 Å². The van der Waals surface area contributed by atoms with Gasteiger partial charge in [-0.3, -0.25) is 9.59 Å². The second-order valence-electron chi connectivity index (χ2n) is 5.77. The van der Waals surface area contributed by atoms with Crippen LogP contribution in [0.25, 0.3) is 0 Å². The summed E-state index contributed by atoms with van der Waals surface area (Å²) < 4.78 is 5.56. The van der Waals surface area contributed by atoms with E-state index in [-0.39, 0.29) is 18.2 Å². The summed E-state index contributed by atoms with van der Waals surface area (Å²) in [7, 11) is 0. The van der Waals surface area contributed by atoms with E-state index in [9.17, 15) is 14.7 Å². The van der Waals surface area contributed by atoms with Gasteiger partial charge in [-0.15, -0.1) is 0 Å². The Morgan fingerprint density at radius 1 is 1.12 bits per heavy atom. The van der Waals surface area contributed by atoms with Gasteiger partial charge in [0.1, 0.15) is 5.75 Å². The molecule has 132 valence electrons. The van der Waals surface area contributed by atoms with E-state index in [1.165, 1.54) is 6.92 Å². The second-order valence-corrected chi connectivity index (χ2v) is 5.77. The molecular weight excluding hydrogens is 318 g/mol. The molecule has 0 heterocycles. The highest BCUT2D eigenvalue weighted by Crippen LogP contribution is 2.14. The molecule has 2 aromatic carbocycles. The Hall–Kier alpha value is -2.66. The van der Waals surface area contributed by atoms with Crippen molar-refractivity contribution in [2.45, 2.75) is 25.9 Å². The zero-order valence-electron chi connectivity index (χ0n) is 14.3. The number of nitrogens with one attached hydrogen (secondary N) is 1. The van der Waals surface area contributed by atoms with Crippen LogP contribution in [0.2, 0.25) is 0 Å². The fourth-order valence-corrected chi connectivity index (χ4v) is 2.32. The molecule has 5 heteroatoms. The first-order chi connectivity index (χ1) is 12.1. The van der Waals surface area contributed by atoms with Crippen molar-refractivity contribution < 1.29 is 19.4 Å². The molecule has 1 amide bonds. The third-order valence-electron chi connectivity index (χ3n) is 3.73. The summed E-state index contributed by atoms with van der Waals surface area (Å²) in [6.07, 6.45) is 0.154. The number of ketones is 1. The van der Waals surface area contributed by atoms with Crippen molar-refractivity contribution in [1.82, 2.24) is 5.32 Å². The van der Waals surface area contributed by atoms with Crippen LogP contribution in [0.5, 0.6) is 5.75 Å². The number of carbonyl (C=O) groups excluding carboxylic acids is 2. The van der Waals surface area contributed by atoms with Gasteiger partial charge in [0.15, 0.2) is 5.78 Å². The quantitative estimate of drug-likeness (QED) is 0.543. The molecule has 0 aliphatic heterocycles. The van der Waals surface area contributed by atoms with Crippen molar-refractivity contribution in [3.63, 3.8) is 0 Å². The number of carbonyl (C=O) groups is 2. The van der Waals surface area contributed by atoms with Crippen molar-refractivity contribution >= 4 is 11.7 Å². The summed E-state index contributed by atoms with van der Waals surface area (Å²) in [5, 5.41) is 12.7. The molecule has 0 spiro atoms. The molecule has 25 heavy (non-hydrogen) atoms. The van der Waals surface area contributed by atoms with Crippen LogP contribution >= 0.6 is 0 Å². The normalized spacial score (nSPS) is 11.6. The maximum Gasteiger partial charge on any atom is 0.220 e. The van der Waals surface area contributed by atoms with Crippen LogP contribution < -0.4 is 10.1 Å². The zero-order valence-corrected chi connectivity index (χ0v) is 14.3. The summed E-state index contributed by atoms with van der Waals surface area (Å²) >= 11 is 0. The highest BCUT2D eigenvalue weighted by Gasteiger charge is 2.09. The highest BCUT2D eigenvalue weighted by molar-refractivity contribution is 5.94. The number of aliphatic hydroxyl groups is 1. The van der Waals surface area contributed by atoms with Crippen molar-refractivity contribution in [2.24, 2.45) is 0 Å². The smallest absolute Gasteiger partial charge is 0.220 e. The Morgan fingerprint density at radius 2 is 1.88 bits per heavy atom. The van der Waals surface area contributed by atoms with E-state index in [0.29, 0.717) is 30.8 Å². The number of amides is 1. The molecule has 0 saturated heterocycles.